The summed E-state index contributed by atoms with van der Waals surface area (Å²) >= 11 is 5.97. The fraction of sp³-hybridized carbons (Fsp3) is 0.312. The Balaban J connectivity index is 1.77. The van der Waals surface area contributed by atoms with Gasteiger partial charge in [-0.25, -0.2) is 0 Å². The molecule has 2 heterocycles. The van der Waals surface area contributed by atoms with Gasteiger partial charge < -0.3 is 9.88 Å². The number of amides is 2. The van der Waals surface area contributed by atoms with Gasteiger partial charge in [-0.05, 0) is 32.0 Å². The normalized spacial score (nSPS) is 18.2. The molecule has 0 unspecified atom stereocenters. The lowest BCUT2D eigenvalue weighted by Crippen LogP contribution is -2.41. The predicted molar refractivity (Wildman–Crippen MR) is 93.1 cm³/mol. The number of nitrogens with zero attached hydrogens (tertiary/aromatic N) is 5. The Morgan fingerprint density at radius 2 is 2.16 bits per heavy atom. The number of hydrogen-bond donors (Lipinski definition) is 1. The number of rotatable bonds is 4. The van der Waals surface area contributed by atoms with Crippen LogP contribution in [0.2, 0.25) is 5.02 Å². The molecule has 0 bridgehead atoms. The van der Waals surface area contributed by atoms with Gasteiger partial charge in [0.25, 0.3) is 5.91 Å². The van der Waals surface area contributed by atoms with Crippen molar-refractivity contribution in [2.75, 3.05) is 5.01 Å². The first-order valence-electron chi connectivity index (χ1n) is 7.67. The molecule has 2 atom stereocenters. The number of carbonyl (C=O) groups is 2. The van der Waals surface area contributed by atoms with E-state index in [9.17, 15) is 9.59 Å². The highest BCUT2D eigenvalue weighted by Crippen LogP contribution is 2.26. The van der Waals surface area contributed by atoms with Crippen molar-refractivity contribution in [1.82, 2.24) is 20.1 Å². The Kier molecular flexibility index (Phi) is 4.54. The summed E-state index contributed by atoms with van der Waals surface area (Å²) in [4.78, 5) is 25.3. The number of aromatic nitrogens is 3. The zero-order valence-corrected chi connectivity index (χ0v) is 14.7. The maximum absolute atomic E-state index is 12.7. The molecule has 2 aromatic rings. The number of aryl methyl sites for hydroxylation is 1. The largest absolute Gasteiger partial charge is 0.345 e. The van der Waals surface area contributed by atoms with E-state index in [4.69, 9.17) is 11.6 Å². The number of anilines is 1. The van der Waals surface area contributed by atoms with Crippen molar-refractivity contribution in [2.24, 2.45) is 18.1 Å². The predicted octanol–water partition coefficient (Wildman–Crippen LogP) is 1.68. The van der Waals surface area contributed by atoms with Gasteiger partial charge in [-0.2, -0.15) is 10.1 Å². The van der Waals surface area contributed by atoms with E-state index in [-0.39, 0.29) is 6.04 Å². The summed E-state index contributed by atoms with van der Waals surface area (Å²) in [7, 11) is 1.78. The van der Waals surface area contributed by atoms with Gasteiger partial charge >= 0.3 is 0 Å². The molecule has 8 nitrogen and oxygen atoms in total. The highest BCUT2D eigenvalue weighted by Gasteiger charge is 2.40. The summed E-state index contributed by atoms with van der Waals surface area (Å²) in [6.45, 7) is 3.43. The molecule has 0 fully saturated rings. The maximum Gasteiger partial charge on any atom is 0.265 e. The topological polar surface area (TPSA) is 92.5 Å². The lowest BCUT2D eigenvalue weighted by Gasteiger charge is -2.17. The SMILES string of the molecule is CC1=NN(c2cccc(Cl)c2)C(=O)[C@H]1C(=O)N[C@@H](C)c1nncn1C. The first-order valence-corrected chi connectivity index (χ1v) is 8.05. The number of hydrogen-bond acceptors (Lipinski definition) is 5. The van der Waals surface area contributed by atoms with E-state index < -0.39 is 17.7 Å². The van der Waals surface area contributed by atoms with Crippen LogP contribution < -0.4 is 10.3 Å². The molecule has 0 saturated heterocycles. The number of carbonyl (C=O) groups excluding carboxylic acids is 2. The number of benzene rings is 1. The molecule has 0 aliphatic carbocycles. The Hall–Kier alpha value is -2.74. The van der Waals surface area contributed by atoms with E-state index in [1.807, 2.05) is 0 Å². The highest BCUT2D eigenvalue weighted by atomic mass is 35.5. The first kappa shape index (κ1) is 17.1. The van der Waals surface area contributed by atoms with Gasteiger partial charge in [0.15, 0.2) is 11.7 Å². The number of halogens is 1. The molecule has 1 aliphatic rings. The van der Waals surface area contributed by atoms with Crippen LogP contribution in [0.3, 0.4) is 0 Å². The van der Waals surface area contributed by atoms with Crippen molar-refractivity contribution < 1.29 is 9.59 Å². The van der Waals surface area contributed by atoms with Crippen LogP contribution in [0, 0.1) is 5.92 Å². The summed E-state index contributed by atoms with van der Waals surface area (Å²) < 4.78 is 1.71. The van der Waals surface area contributed by atoms with Crippen LogP contribution >= 0.6 is 11.6 Å². The highest BCUT2D eigenvalue weighted by molar-refractivity contribution is 6.31. The minimum absolute atomic E-state index is 0.388. The smallest absolute Gasteiger partial charge is 0.265 e. The summed E-state index contributed by atoms with van der Waals surface area (Å²) in [5.41, 5.74) is 0.946. The van der Waals surface area contributed by atoms with Gasteiger partial charge in [0, 0.05) is 12.1 Å². The third-order valence-electron chi connectivity index (χ3n) is 3.94. The monoisotopic (exact) mass is 360 g/mol. The van der Waals surface area contributed by atoms with Crippen LogP contribution in [-0.2, 0) is 16.6 Å². The molecule has 25 heavy (non-hydrogen) atoms. The number of hydrazone groups is 1. The van der Waals surface area contributed by atoms with Gasteiger partial charge in [0.1, 0.15) is 6.33 Å². The lowest BCUT2D eigenvalue weighted by molar-refractivity contribution is -0.130. The van der Waals surface area contributed by atoms with E-state index in [1.165, 1.54) is 5.01 Å². The minimum Gasteiger partial charge on any atom is -0.345 e. The van der Waals surface area contributed by atoms with E-state index in [0.717, 1.165) is 0 Å². The van der Waals surface area contributed by atoms with E-state index >= 15 is 0 Å². The Morgan fingerprint density at radius 1 is 1.40 bits per heavy atom. The average molecular weight is 361 g/mol. The van der Waals surface area contributed by atoms with Crippen LogP contribution in [0.5, 0.6) is 0 Å². The molecular formula is C16H17ClN6O2. The molecule has 1 aromatic carbocycles. The van der Waals surface area contributed by atoms with Crippen molar-refractivity contribution >= 4 is 34.8 Å². The molecule has 0 spiro atoms. The molecule has 9 heteroatoms. The van der Waals surface area contributed by atoms with Crippen molar-refractivity contribution in [3.05, 3.63) is 41.4 Å². The molecule has 3 rings (SSSR count). The van der Waals surface area contributed by atoms with Crippen LogP contribution in [0.4, 0.5) is 5.69 Å². The van der Waals surface area contributed by atoms with Crippen molar-refractivity contribution in [3.8, 4) is 0 Å². The molecular weight excluding hydrogens is 344 g/mol. The van der Waals surface area contributed by atoms with Crippen LogP contribution in [0.15, 0.2) is 35.7 Å². The second-order valence-corrected chi connectivity index (χ2v) is 6.27. The van der Waals surface area contributed by atoms with Gasteiger partial charge in [-0.15, -0.1) is 10.2 Å². The zero-order chi connectivity index (χ0) is 18.1. The lowest BCUT2D eigenvalue weighted by atomic mass is 10.0. The summed E-state index contributed by atoms with van der Waals surface area (Å²) in [6.07, 6.45) is 1.55. The Morgan fingerprint density at radius 3 is 2.80 bits per heavy atom. The Labute approximate surface area is 149 Å². The maximum atomic E-state index is 12.7. The fourth-order valence-corrected chi connectivity index (χ4v) is 2.89. The zero-order valence-electron chi connectivity index (χ0n) is 14.0. The molecule has 130 valence electrons. The number of nitrogens with one attached hydrogen (secondary N) is 1. The van der Waals surface area contributed by atoms with Crippen LogP contribution in [0.1, 0.15) is 25.7 Å². The molecule has 1 N–H and O–H groups in total. The fourth-order valence-electron chi connectivity index (χ4n) is 2.71. The molecule has 1 aromatic heterocycles. The van der Waals surface area contributed by atoms with Gasteiger partial charge in [0.2, 0.25) is 5.91 Å². The second kappa shape index (κ2) is 6.64. The van der Waals surface area contributed by atoms with E-state index in [0.29, 0.717) is 22.2 Å². The minimum atomic E-state index is -0.977. The van der Waals surface area contributed by atoms with Gasteiger partial charge in [0.05, 0.1) is 17.4 Å². The van der Waals surface area contributed by atoms with Crippen molar-refractivity contribution in [2.45, 2.75) is 19.9 Å². The van der Waals surface area contributed by atoms with E-state index in [2.05, 4.69) is 20.6 Å². The van der Waals surface area contributed by atoms with E-state index in [1.54, 1.807) is 56.1 Å². The second-order valence-electron chi connectivity index (χ2n) is 5.83. The standard InChI is InChI=1S/C16H17ClN6O2/c1-9-13(15(24)19-10(2)14-20-18-8-22(14)3)16(25)23(21-9)12-6-4-5-11(17)7-12/h4-8,10,13H,1-3H3,(H,19,24)/t10-,13+/m0/s1. The van der Waals surface area contributed by atoms with Crippen LogP contribution in [-0.4, -0.2) is 32.3 Å². The Bertz CT molecular complexity index is 862. The quantitative estimate of drug-likeness (QED) is 0.839. The van der Waals surface area contributed by atoms with Gasteiger partial charge in [-0.3, -0.25) is 9.59 Å². The first-order chi connectivity index (χ1) is 11.9. The summed E-state index contributed by atoms with van der Waals surface area (Å²) in [5, 5.41) is 16.5. The van der Waals surface area contributed by atoms with Gasteiger partial charge in [-0.1, -0.05) is 17.7 Å². The molecule has 2 amide bonds. The summed E-state index contributed by atoms with van der Waals surface area (Å²) in [5.74, 6) is -1.22. The van der Waals surface area contributed by atoms with Crippen molar-refractivity contribution in [1.29, 1.82) is 0 Å². The molecule has 1 aliphatic heterocycles. The van der Waals surface area contributed by atoms with Crippen LogP contribution in [0.25, 0.3) is 0 Å². The average Bonchev–Trinajstić information content (AvgIpc) is 3.10. The third kappa shape index (κ3) is 3.25. The van der Waals surface area contributed by atoms with Crippen molar-refractivity contribution in [3.63, 3.8) is 0 Å². The third-order valence-corrected chi connectivity index (χ3v) is 4.17. The summed E-state index contributed by atoms with van der Waals surface area (Å²) in [6, 6.07) is 6.37. The molecule has 0 radical (unpaired) electrons. The molecule has 0 saturated carbocycles.